The molecule has 1 amide bonds. The Morgan fingerprint density at radius 3 is 2.05 bits per heavy atom. The van der Waals surface area contributed by atoms with Crippen LogP contribution in [-0.2, 0) is 20.0 Å². The molecule has 0 aliphatic rings. The largest absolute Gasteiger partial charge is 0.322 e. The van der Waals surface area contributed by atoms with Crippen molar-refractivity contribution in [1.82, 2.24) is 0 Å². The molecule has 8 nitrogen and oxygen atoms in total. The average Bonchev–Trinajstić information content (AvgIpc) is 2.88. The van der Waals surface area contributed by atoms with Gasteiger partial charge in [-0.3, -0.25) is 14.2 Å². The summed E-state index contributed by atoms with van der Waals surface area (Å²) in [6.45, 7) is 3.59. The van der Waals surface area contributed by atoms with Crippen molar-refractivity contribution in [3.8, 4) is 0 Å². The van der Waals surface area contributed by atoms with Crippen LogP contribution in [0.2, 0.25) is 5.02 Å². The lowest BCUT2D eigenvalue weighted by atomic mass is 10.1. The summed E-state index contributed by atoms with van der Waals surface area (Å²) >= 11 is 6.18. The smallest absolute Gasteiger partial charge is 0.263 e. The second kappa shape index (κ2) is 11.0. The summed E-state index contributed by atoms with van der Waals surface area (Å²) in [4.78, 5) is 12.5. The fourth-order valence-electron chi connectivity index (χ4n) is 3.55. The molecule has 4 aromatic carbocycles. The van der Waals surface area contributed by atoms with Gasteiger partial charge in [-0.05, 0) is 97.8 Å². The van der Waals surface area contributed by atoms with Crippen molar-refractivity contribution >= 4 is 54.6 Å². The Labute approximate surface area is 230 Å². The van der Waals surface area contributed by atoms with Crippen LogP contribution in [0.3, 0.4) is 0 Å². The van der Waals surface area contributed by atoms with Crippen molar-refractivity contribution < 1.29 is 26.0 Å². The zero-order chi connectivity index (χ0) is 28.4. The molecule has 0 bridgehead atoms. The first-order valence-electron chi connectivity index (χ1n) is 11.4. The molecule has 202 valence electrons. The van der Waals surface area contributed by atoms with Crippen molar-refractivity contribution in [2.45, 2.75) is 23.6 Å². The highest BCUT2D eigenvalue weighted by molar-refractivity contribution is 7.93. The molecule has 12 heteroatoms. The van der Waals surface area contributed by atoms with Gasteiger partial charge in [-0.2, -0.15) is 0 Å². The lowest BCUT2D eigenvalue weighted by Gasteiger charge is -2.14. The second-order valence-electron chi connectivity index (χ2n) is 8.66. The van der Waals surface area contributed by atoms with E-state index >= 15 is 0 Å². The van der Waals surface area contributed by atoms with Gasteiger partial charge in [0.15, 0.2) is 0 Å². The SMILES string of the molecule is Cc1ccc(C)c(NS(=O)(=O)c2cc(C(=O)Nc3ccc(S(=O)(=O)Nc4ccc(F)cc4)cc3)ccc2Cl)c1. The normalized spacial score (nSPS) is 11.6. The molecular weight excluding hydrogens is 565 g/mol. The van der Waals surface area contributed by atoms with Crippen LogP contribution >= 0.6 is 11.6 Å². The molecule has 0 saturated heterocycles. The fourth-order valence-corrected chi connectivity index (χ4v) is 6.26. The molecule has 0 saturated carbocycles. The zero-order valence-electron chi connectivity index (χ0n) is 20.7. The first-order chi connectivity index (χ1) is 18.3. The van der Waals surface area contributed by atoms with E-state index in [1.165, 1.54) is 48.5 Å². The van der Waals surface area contributed by atoms with Gasteiger partial charge in [-0.15, -0.1) is 0 Å². The Kier molecular flexibility index (Phi) is 7.96. The Balaban J connectivity index is 1.51. The lowest BCUT2D eigenvalue weighted by molar-refractivity contribution is 0.102. The van der Waals surface area contributed by atoms with Gasteiger partial charge in [0.25, 0.3) is 26.0 Å². The molecule has 0 aliphatic heterocycles. The molecule has 4 aromatic rings. The van der Waals surface area contributed by atoms with Crippen LogP contribution in [0.5, 0.6) is 0 Å². The summed E-state index contributed by atoms with van der Waals surface area (Å²) in [5, 5.41) is 2.54. The zero-order valence-corrected chi connectivity index (χ0v) is 23.1. The van der Waals surface area contributed by atoms with E-state index in [0.717, 1.165) is 23.8 Å². The number of carbonyl (C=O) groups is 1. The molecule has 0 aromatic heterocycles. The van der Waals surface area contributed by atoms with Gasteiger partial charge in [-0.25, -0.2) is 21.2 Å². The number of hydrogen-bond acceptors (Lipinski definition) is 5. The van der Waals surface area contributed by atoms with Gasteiger partial charge in [-0.1, -0.05) is 23.7 Å². The first-order valence-corrected chi connectivity index (χ1v) is 14.8. The molecule has 3 N–H and O–H groups in total. The maximum atomic E-state index is 13.1. The highest BCUT2D eigenvalue weighted by atomic mass is 35.5. The molecule has 0 unspecified atom stereocenters. The van der Waals surface area contributed by atoms with Crippen LogP contribution in [0.1, 0.15) is 21.5 Å². The number of hydrogen-bond donors (Lipinski definition) is 3. The Bertz CT molecular complexity index is 1760. The highest BCUT2D eigenvalue weighted by Crippen LogP contribution is 2.27. The lowest BCUT2D eigenvalue weighted by Crippen LogP contribution is -2.17. The molecule has 4 rings (SSSR count). The number of rotatable bonds is 8. The van der Waals surface area contributed by atoms with Gasteiger partial charge in [0, 0.05) is 16.9 Å². The van der Waals surface area contributed by atoms with Gasteiger partial charge in [0.2, 0.25) is 0 Å². The molecule has 0 aliphatic carbocycles. The summed E-state index contributed by atoms with van der Waals surface area (Å²) < 4.78 is 69.3. The maximum Gasteiger partial charge on any atom is 0.263 e. The Morgan fingerprint density at radius 1 is 0.744 bits per heavy atom. The highest BCUT2D eigenvalue weighted by Gasteiger charge is 2.22. The van der Waals surface area contributed by atoms with Gasteiger partial charge >= 0.3 is 0 Å². The molecule has 39 heavy (non-hydrogen) atoms. The van der Waals surface area contributed by atoms with Gasteiger partial charge in [0.05, 0.1) is 15.6 Å². The molecular formula is C27H23ClFN3O5S2. The molecule has 0 spiro atoms. The van der Waals surface area contributed by atoms with Crippen molar-refractivity contribution in [1.29, 1.82) is 0 Å². The standard InChI is InChI=1S/C27H23ClFN3O5S2/c1-17-3-4-18(2)25(15-17)32-39(36,37)26-16-19(5-14-24(26)28)27(33)30-21-10-12-23(13-11-21)38(34,35)31-22-8-6-20(29)7-9-22/h3-16,31-32H,1-2H3,(H,30,33). The predicted octanol–water partition coefficient (Wildman–Crippen LogP) is 5.95. The van der Waals surface area contributed by atoms with Crippen LogP contribution in [0.15, 0.2) is 94.7 Å². The third-order valence-corrected chi connectivity index (χ3v) is 8.88. The van der Waals surface area contributed by atoms with Crippen LogP contribution in [0, 0.1) is 19.7 Å². The van der Waals surface area contributed by atoms with E-state index in [9.17, 15) is 26.0 Å². The third-order valence-electron chi connectivity index (χ3n) is 5.64. The van der Waals surface area contributed by atoms with Crippen LogP contribution in [0.25, 0.3) is 0 Å². The number of amides is 1. The van der Waals surface area contributed by atoms with E-state index in [1.807, 2.05) is 13.0 Å². The van der Waals surface area contributed by atoms with E-state index in [4.69, 9.17) is 11.6 Å². The van der Waals surface area contributed by atoms with Crippen molar-refractivity contribution in [3.63, 3.8) is 0 Å². The van der Waals surface area contributed by atoms with E-state index in [-0.39, 0.29) is 31.8 Å². The number of sulfonamides is 2. The second-order valence-corrected chi connectivity index (χ2v) is 12.4. The maximum absolute atomic E-state index is 13.1. The van der Waals surface area contributed by atoms with E-state index < -0.39 is 31.8 Å². The van der Waals surface area contributed by atoms with E-state index in [2.05, 4.69) is 14.8 Å². The predicted molar refractivity (Wildman–Crippen MR) is 150 cm³/mol. The van der Waals surface area contributed by atoms with Gasteiger partial charge in [0.1, 0.15) is 10.7 Å². The number of nitrogens with one attached hydrogen (secondary N) is 3. The monoisotopic (exact) mass is 587 g/mol. The van der Waals surface area contributed by atoms with Crippen molar-refractivity contribution in [2.75, 3.05) is 14.8 Å². The van der Waals surface area contributed by atoms with Crippen molar-refractivity contribution in [2.24, 2.45) is 0 Å². The summed E-state index contributed by atoms with van der Waals surface area (Å²) in [7, 11) is -8.07. The molecule has 0 heterocycles. The third kappa shape index (κ3) is 6.75. The number of anilines is 3. The molecule has 0 atom stereocenters. The average molecular weight is 588 g/mol. The minimum absolute atomic E-state index is 0.0235. The molecule has 0 fully saturated rings. The summed E-state index contributed by atoms with van der Waals surface area (Å²) in [5.41, 5.74) is 2.46. The van der Waals surface area contributed by atoms with Gasteiger partial charge < -0.3 is 5.32 Å². The topological polar surface area (TPSA) is 121 Å². The van der Waals surface area contributed by atoms with Crippen molar-refractivity contribution in [3.05, 3.63) is 112 Å². The number of aryl methyl sites for hydroxylation is 2. The summed E-state index contributed by atoms with van der Waals surface area (Å²) in [6.07, 6.45) is 0. The Hall–Kier alpha value is -3.93. The first kappa shape index (κ1) is 28.1. The van der Waals surface area contributed by atoms with Crippen LogP contribution in [0.4, 0.5) is 21.5 Å². The minimum Gasteiger partial charge on any atom is -0.322 e. The summed E-state index contributed by atoms with van der Waals surface area (Å²) in [5.74, 6) is -1.13. The number of benzene rings is 4. The van der Waals surface area contributed by atoms with Crippen LogP contribution < -0.4 is 14.8 Å². The minimum atomic E-state index is -4.12. The van der Waals surface area contributed by atoms with Crippen LogP contribution in [-0.4, -0.2) is 22.7 Å². The summed E-state index contributed by atoms with van der Waals surface area (Å²) in [6, 6.07) is 19.4. The quantitative estimate of drug-likeness (QED) is 0.235. The van der Waals surface area contributed by atoms with E-state index in [1.54, 1.807) is 19.1 Å². The molecule has 0 radical (unpaired) electrons. The number of carbonyl (C=O) groups excluding carboxylic acids is 1. The fraction of sp³-hybridized carbons (Fsp3) is 0.0741. The Morgan fingerprint density at radius 2 is 1.38 bits per heavy atom. The number of halogens is 2. The van der Waals surface area contributed by atoms with E-state index in [0.29, 0.717) is 11.3 Å².